The maximum absolute atomic E-state index is 13.5. The summed E-state index contributed by atoms with van der Waals surface area (Å²) in [5, 5.41) is 16.2. The SMILES string of the molecule is NCCCN(CC1CCCC1)C(=O)N(CCCO)c1ccc(-c2cn[nH]c2)cc1. The Labute approximate surface area is 172 Å². The Balaban J connectivity index is 1.77. The second-order valence-electron chi connectivity index (χ2n) is 7.78. The number of anilines is 1. The Morgan fingerprint density at radius 3 is 2.52 bits per heavy atom. The van der Waals surface area contributed by atoms with Crippen molar-refractivity contribution in [1.82, 2.24) is 15.1 Å². The number of nitrogens with two attached hydrogens (primary N) is 1. The van der Waals surface area contributed by atoms with Gasteiger partial charge in [0, 0.05) is 43.7 Å². The van der Waals surface area contributed by atoms with Gasteiger partial charge in [0.05, 0.1) is 6.20 Å². The highest BCUT2D eigenvalue weighted by molar-refractivity contribution is 5.92. The molecule has 2 amide bonds. The van der Waals surface area contributed by atoms with Crippen molar-refractivity contribution in [3.8, 4) is 11.1 Å². The van der Waals surface area contributed by atoms with Crippen LogP contribution in [0.2, 0.25) is 0 Å². The van der Waals surface area contributed by atoms with E-state index in [4.69, 9.17) is 5.73 Å². The smallest absolute Gasteiger partial charge is 0.324 e. The number of nitrogens with one attached hydrogen (secondary N) is 1. The minimum absolute atomic E-state index is 0.00913. The quantitative estimate of drug-likeness (QED) is 0.571. The Morgan fingerprint density at radius 1 is 1.14 bits per heavy atom. The molecule has 29 heavy (non-hydrogen) atoms. The van der Waals surface area contributed by atoms with E-state index in [0.717, 1.165) is 29.8 Å². The van der Waals surface area contributed by atoms with E-state index in [1.807, 2.05) is 35.4 Å². The van der Waals surface area contributed by atoms with Gasteiger partial charge in [-0.15, -0.1) is 0 Å². The molecule has 1 aromatic carbocycles. The lowest BCUT2D eigenvalue weighted by Gasteiger charge is -2.32. The number of aliphatic hydroxyl groups excluding tert-OH is 1. The van der Waals surface area contributed by atoms with Gasteiger partial charge in [0.1, 0.15) is 0 Å². The summed E-state index contributed by atoms with van der Waals surface area (Å²) in [5.74, 6) is 0.583. The van der Waals surface area contributed by atoms with Gasteiger partial charge in [-0.05, 0) is 55.8 Å². The fraction of sp³-hybridized carbons (Fsp3) is 0.545. The minimum atomic E-state index is 0.00913. The molecule has 7 heteroatoms. The number of carbonyl (C=O) groups is 1. The fourth-order valence-electron chi connectivity index (χ4n) is 4.03. The summed E-state index contributed by atoms with van der Waals surface area (Å²) in [4.78, 5) is 17.2. The van der Waals surface area contributed by atoms with Crippen molar-refractivity contribution in [1.29, 1.82) is 0 Å². The fourth-order valence-corrected chi connectivity index (χ4v) is 4.03. The highest BCUT2D eigenvalue weighted by atomic mass is 16.3. The van der Waals surface area contributed by atoms with Crippen molar-refractivity contribution in [3.05, 3.63) is 36.7 Å². The second kappa shape index (κ2) is 11.0. The van der Waals surface area contributed by atoms with Crippen LogP contribution in [-0.2, 0) is 0 Å². The molecule has 1 saturated carbocycles. The Bertz CT molecular complexity index is 726. The van der Waals surface area contributed by atoms with Crippen molar-refractivity contribution in [2.45, 2.75) is 38.5 Å². The number of aromatic nitrogens is 2. The number of nitrogens with zero attached hydrogens (tertiary/aromatic N) is 3. The third kappa shape index (κ3) is 5.81. The maximum Gasteiger partial charge on any atom is 0.324 e. The average Bonchev–Trinajstić information content (AvgIpc) is 3.46. The summed E-state index contributed by atoms with van der Waals surface area (Å²) >= 11 is 0. The van der Waals surface area contributed by atoms with Crippen LogP contribution in [0, 0.1) is 5.92 Å². The molecule has 0 aliphatic heterocycles. The monoisotopic (exact) mass is 399 g/mol. The third-order valence-electron chi connectivity index (χ3n) is 5.64. The highest BCUT2D eigenvalue weighted by Crippen LogP contribution is 2.27. The van der Waals surface area contributed by atoms with Gasteiger partial charge in [0.2, 0.25) is 0 Å². The molecule has 0 atom stereocenters. The zero-order valence-corrected chi connectivity index (χ0v) is 17.1. The van der Waals surface area contributed by atoms with Crippen molar-refractivity contribution >= 4 is 11.7 Å². The van der Waals surface area contributed by atoms with Gasteiger partial charge in [0.15, 0.2) is 0 Å². The van der Waals surface area contributed by atoms with Crippen LogP contribution in [-0.4, -0.2) is 59.0 Å². The van der Waals surface area contributed by atoms with Crippen LogP contribution < -0.4 is 10.6 Å². The number of aromatic amines is 1. The zero-order valence-electron chi connectivity index (χ0n) is 17.1. The molecule has 1 aromatic heterocycles. The van der Waals surface area contributed by atoms with E-state index < -0.39 is 0 Å². The topological polar surface area (TPSA) is 98.5 Å². The van der Waals surface area contributed by atoms with Crippen molar-refractivity contribution in [2.24, 2.45) is 11.7 Å². The lowest BCUT2D eigenvalue weighted by molar-refractivity contribution is 0.192. The summed E-state index contributed by atoms with van der Waals surface area (Å²) in [6, 6.07) is 7.94. The standard InChI is InChI=1S/C22H33N5O2/c23-11-3-12-26(17-18-5-1-2-6-18)22(29)27(13-4-14-28)21-9-7-19(8-10-21)20-15-24-25-16-20/h7-10,15-16,18,28H,1-6,11-14,17,23H2,(H,24,25). The van der Waals surface area contributed by atoms with Gasteiger partial charge >= 0.3 is 6.03 Å². The van der Waals surface area contributed by atoms with E-state index in [2.05, 4.69) is 10.2 Å². The third-order valence-corrected chi connectivity index (χ3v) is 5.64. The van der Waals surface area contributed by atoms with Gasteiger partial charge in [0.25, 0.3) is 0 Å². The first-order valence-electron chi connectivity index (χ1n) is 10.7. The average molecular weight is 400 g/mol. The predicted molar refractivity (Wildman–Crippen MR) is 116 cm³/mol. The number of amides is 2. The summed E-state index contributed by atoms with van der Waals surface area (Å²) in [5.41, 5.74) is 8.62. The zero-order chi connectivity index (χ0) is 20.5. The molecule has 0 spiro atoms. The van der Waals surface area contributed by atoms with Gasteiger partial charge in [-0.1, -0.05) is 25.0 Å². The van der Waals surface area contributed by atoms with E-state index in [-0.39, 0.29) is 12.6 Å². The van der Waals surface area contributed by atoms with E-state index in [1.54, 1.807) is 11.1 Å². The first-order chi connectivity index (χ1) is 14.2. The number of carbonyl (C=O) groups excluding carboxylic acids is 1. The van der Waals surface area contributed by atoms with Gasteiger partial charge in [-0.2, -0.15) is 5.10 Å². The summed E-state index contributed by atoms with van der Waals surface area (Å²) < 4.78 is 0. The molecule has 4 N–H and O–H groups in total. The Morgan fingerprint density at radius 2 is 1.90 bits per heavy atom. The molecule has 0 saturated heterocycles. The Hall–Kier alpha value is -2.38. The minimum Gasteiger partial charge on any atom is -0.396 e. The molecule has 2 aromatic rings. The van der Waals surface area contributed by atoms with Crippen LogP contribution in [0.25, 0.3) is 11.1 Å². The molecule has 1 fully saturated rings. The molecule has 1 heterocycles. The summed E-state index contributed by atoms with van der Waals surface area (Å²) in [7, 11) is 0. The van der Waals surface area contributed by atoms with Crippen LogP contribution in [0.3, 0.4) is 0 Å². The molecular weight excluding hydrogens is 366 g/mol. The maximum atomic E-state index is 13.5. The Kier molecular flexibility index (Phi) is 8.07. The first-order valence-corrected chi connectivity index (χ1v) is 10.7. The number of aliphatic hydroxyl groups is 1. The first kappa shape index (κ1) is 21.3. The number of benzene rings is 1. The van der Waals surface area contributed by atoms with Gasteiger partial charge < -0.3 is 15.7 Å². The molecule has 3 rings (SSSR count). The molecule has 0 radical (unpaired) electrons. The van der Waals surface area contributed by atoms with E-state index in [9.17, 15) is 9.90 Å². The summed E-state index contributed by atoms with van der Waals surface area (Å²) in [6.45, 7) is 2.59. The van der Waals surface area contributed by atoms with Crippen molar-refractivity contribution in [3.63, 3.8) is 0 Å². The van der Waals surface area contributed by atoms with Crippen LogP contribution in [0.4, 0.5) is 10.5 Å². The largest absolute Gasteiger partial charge is 0.396 e. The number of hydrogen-bond donors (Lipinski definition) is 3. The molecule has 0 unspecified atom stereocenters. The van der Waals surface area contributed by atoms with Crippen LogP contribution in [0.15, 0.2) is 36.7 Å². The number of hydrogen-bond acceptors (Lipinski definition) is 4. The van der Waals surface area contributed by atoms with E-state index in [1.165, 1.54) is 25.7 Å². The predicted octanol–water partition coefficient (Wildman–Crippen LogP) is 3.23. The van der Waals surface area contributed by atoms with Gasteiger partial charge in [-0.25, -0.2) is 4.79 Å². The number of H-pyrrole nitrogens is 1. The normalized spacial score (nSPS) is 14.3. The second-order valence-corrected chi connectivity index (χ2v) is 7.78. The highest BCUT2D eigenvalue weighted by Gasteiger charge is 2.26. The summed E-state index contributed by atoms with van der Waals surface area (Å²) in [6.07, 6.45) is 9.88. The number of urea groups is 1. The van der Waals surface area contributed by atoms with Crippen molar-refractivity contribution in [2.75, 3.05) is 37.7 Å². The van der Waals surface area contributed by atoms with Crippen LogP contribution in [0.1, 0.15) is 38.5 Å². The molecule has 7 nitrogen and oxygen atoms in total. The van der Waals surface area contributed by atoms with E-state index >= 15 is 0 Å². The van der Waals surface area contributed by atoms with Crippen molar-refractivity contribution < 1.29 is 9.90 Å². The molecule has 158 valence electrons. The lowest BCUT2D eigenvalue weighted by atomic mass is 10.1. The number of rotatable bonds is 10. The lowest BCUT2D eigenvalue weighted by Crippen LogP contribution is -2.46. The molecule has 1 aliphatic rings. The molecule has 0 bridgehead atoms. The molecular formula is C22H33N5O2. The van der Waals surface area contributed by atoms with E-state index in [0.29, 0.717) is 32.0 Å². The van der Waals surface area contributed by atoms with Crippen LogP contribution >= 0.6 is 0 Å². The molecule has 1 aliphatic carbocycles. The van der Waals surface area contributed by atoms with Gasteiger partial charge in [-0.3, -0.25) is 10.00 Å². The van der Waals surface area contributed by atoms with Crippen LogP contribution in [0.5, 0.6) is 0 Å².